The van der Waals surface area contributed by atoms with Gasteiger partial charge in [0.15, 0.2) is 0 Å². The fourth-order valence-corrected chi connectivity index (χ4v) is 19.5. The minimum absolute atomic E-state index is 0.958. The van der Waals surface area contributed by atoms with Crippen LogP contribution in [0.25, 0.3) is 0 Å². The third-order valence-corrected chi connectivity index (χ3v) is 20.0. The Labute approximate surface area is 114 Å². The second-order valence-corrected chi connectivity index (χ2v) is 19.7. The zero-order valence-corrected chi connectivity index (χ0v) is 15.6. The molecule has 0 nitrogen and oxygen atoms in total. The van der Waals surface area contributed by atoms with E-state index in [4.69, 9.17) is 0 Å². The zero-order valence-electron chi connectivity index (χ0n) is 12.7. The van der Waals surface area contributed by atoms with Crippen LogP contribution in [-0.2, 0) is 0 Å². The Morgan fingerprint density at radius 1 is 1.06 bits per heavy atom. The van der Waals surface area contributed by atoms with Crippen molar-refractivity contribution in [2.75, 3.05) is 0 Å². The predicted molar refractivity (Wildman–Crippen MR) is 84.5 cm³/mol. The molecule has 0 aliphatic carbocycles. The van der Waals surface area contributed by atoms with Gasteiger partial charge in [-0.2, -0.15) is 0 Å². The van der Waals surface area contributed by atoms with Gasteiger partial charge in [0.05, 0.1) is 0 Å². The summed E-state index contributed by atoms with van der Waals surface area (Å²) >= 11 is -1.86. The van der Waals surface area contributed by atoms with Crippen LogP contribution in [0.5, 0.6) is 0 Å². The monoisotopic (exact) mass is 346 g/mol. The summed E-state index contributed by atoms with van der Waals surface area (Å²) in [6.07, 6.45) is 9.33. The number of allylic oxidation sites excluding steroid dienone is 1. The predicted octanol–water partition coefficient (Wildman–Crippen LogP) is 6.27. The normalized spacial score (nSPS) is 13.6. The number of rotatable bonds is 11. The van der Waals surface area contributed by atoms with Crippen molar-refractivity contribution in [3.05, 3.63) is 12.7 Å². The molecule has 0 aromatic rings. The molecule has 0 aromatic heterocycles. The van der Waals surface area contributed by atoms with Gasteiger partial charge in [0.1, 0.15) is 0 Å². The van der Waals surface area contributed by atoms with Crippen molar-refractivity contribution in [2.45, 2.75) is 77.5 Å². The molecule has 0 radical (unpaired) electrons. The van der Waals surface area contributed by atoms with Gasteiger partial charge < -0.3 is 0 Å². The summed E-state index contributed by atoms with van der Waals surface area (Å²) in [5, 5.41) is 0. The van der Waals surface area contributed by atoms with Crippen LogP contribution >= 0.6 is 0 Å². The molecule has 1 heteroatoms. The van der Waals surface area contributed by atoms with E-state index in [0.717, 1.165) is 5.92 Å². The van der Waals surface area contributed by atoms with Crippen LogP contribution in [0.2, 0.25) is 17.7 Å². The standard InChI is InChI=1S/C5H11.2C4H9.C3H5.Sn/c1-4-5(2)3;2*1-3-4-2;1-3-2;/h5H,2,4H2,1,3H3;2*1,3-4H2,2H3;3H,1-2H2;. The molecule has 0 aromatic carbocycles. The van der Waals surface area contributed by atoms with E-state index >= 15 is 0 Å². The molecular weight excluding hydrogens is 311 g/mol. The molecule has 0 saturated carbocycles. The summed E-state index contributed by atoms with van der Waals surface area (Å²) in [4.78, 5) is 0. The van der Waals surface area contributed by atoms with Gasteiger partial charge in [-0.05, 0) is 0 Å². The third kappa shape index (κ3) is 7.54. The van der Waals surface area contributed by atoms with E-state index in [1.54, 1.807) is 13.3 Å². The van der Waals surface area contributed by atoms with Crippen molar-refractivity contribution in [3.63, 3.8) is 0 Å². The maximum absolute atomic E-state index is 4.05. The SMILES string of the molecule is C=C[CH2][Sn]([CH2]CCC)([CH2]CCC)[CH2]C(C)CC. The van der Waals surface area contributed by atoms with Crippen molar-refractivity contribution in [1.29, 1.82) is 0 Å². The molecule has 1 unspecified atom stereocenters. The van der Waals surface area contributed by atoms with E-state index in [-0.39, 0.29) is 0 Å². The summed E-state index contributed by atoms with van der Waals surface area (Å²) < 4.78 is 6.26. The van der Waals surface area contributed by atoms with Crippen molar-refractivity contribution in [1.82, 2.24) is 0 Å². The Kier molecular flexibility index (Phi) is 10.8. The van der Waals surface area contributed by atoms with Crippen molar-refractivity contribution in [3.8, 4) is 0 Å². The van der Waals surface area contributed by atoms with Gasteiger partial charge in [0, 0.05) is 0 Å². The van der Waals surface area contributed by atoms with E-state index in [0.29, 0.717) is 0 Å². The fourth-order valence-electron chi connectivity index (χ4n) is 2.91. The van der Waals surface area contributed by atoms with Gasteiger partial charge >= 0.3 is 114 Å². The number of hydrogen-bond acceptors (Lipinski definition) is 0. The van der Waals surface area contributed by atoms with Crippen molar-refractivity contribution >= 4 is 18.4 Å². The first kappa shape index (κ1) is 17.5. The summed E-state index contributed by atoms with van der Waals surface area (Å²) in [5.41, 5.74) is 0. The van der Waals surface area contributed by atoms with Gasteiger partial charge in [-0.3, -0.25) is 0 Å². The minimum atomic E-state index is -1.86. The number of hydrogen-bond donors (Lipinski definition) is 0. The average molecular weight is 345 g/mol. The van der Waals surface area contributed by atoms with Crippen LogP contribution in [0.3, 0.4) is 0 Å². The molecule has 0 aliphatic rings. The first-order chi connectivity index (χ1) is 8.14. The topological polar surface area (TPSA) is 0 Å². The molecule has 0 N–H and O–H groups in total. The van der Waals surface area contributed by atoms with Gasteiger partial charge in [0.2, 0.25) is 0 Å². The summed E-state index contributed by atoms with van der Waals surface area (Å²) in [6, 6.07) is 0. The van der Waals surface area contributed by atoms with Gasteiger partial charge in [-0.1, -0.05) is 0 Å². The molecule has 0 amide bonds. The van der Waals surface area contributed by atoms with Crippen LogP contribution in [0.15, 0.2) is 12.7 Å². The van der Waals surface area contributed by atoms with Crippen LogP contribution in [0, 0.1) is 5.92 Å². The van der Waals surface area contributed by atoms with E-state index in [1.807, 2.05) is 0 Å². The zero-order chi connectivity index (χ0) is 13.1. The molecular formula is C16H34Sn. The second kappa shape index (κ2) is 10.5. The quantitative estimate of drug-likeness (QED) is 0.306. The summed E-state index contributed by atoms with van der Waals surface area (Å²) in [5.74, 6) is 0.958. The molecule has 17 heavy (non-hydrogen) atoms. The average Bonchev–Trinajstić information content (AvgIpc) is 2.34. The van der Waals surface area contributed by atoms with Crippen LogP contribution in [-0.4, -0.2) is 18.4 Å². The Morgan fingerprint density at radius 2 is 1.59 bits per heavy atom. The Balaban J connectivity index is 4.59. The summed E-state index contributed by atoms with van der Waals surface area (Å²) in [6.45, 7) is 13.5. The van der Waals surface area contributed by atoms with E-state index in [1.165, 1.54) is 36.5 Å². The molecule has 0 aliphatic heterocycles. The Bertz CT molecular complexity index is 178. The van der Waals surface area contributed by atoms with Gasteiger partial charge in [0.25, 0.3) is 0 Å². The molecule has 0 fully saturated rings. The van der Waals surface area contributed by atoms with Crippen LogP contribution in [0.4, 0.5) is 0 Å². The molecule has 0 spiro atoms. The molecule has 0 heterocycles. The summed E-state index contributed by atoms with van der Waals surface area (Å²) in [7, 11) is 0. The molecule has 102 valence electrons. The van der Waals surface area contributed by atoms with E-state index in [2.05, 4.69) is 40.3 Å². The van der Waals surface area contributed by atoms with E-state index < -0.39 is 18.4 Å². The second-order valence-electron chi connectivity index (χ2n) is 5.92. The number of unbranched alkanes of at least 4 members (excludes halogenated alkanes) is 2. The van der Waals surface area contributed by atoms with Crippen molar-refractivity contribution in [2.24, 2.45) is 5.92 Å². The molecule has 0 bridgehead atoms. The Morgan fingerprint density at radius 3 is 1.94 bits per heavy atom. The first-order valence-electron chi connectivity index (χ1n) is 7.75. The van der Waals surface area contributed by atoms with Gasteiger partial charge in [-0.15, -0.1) is 0 Å². The molecule has 0 rings (SSSR count). The van der Waals surface area contributed by atoms with Crippen LogP contribution in [0.1, 0.15) is 59.8 Å². The first-order valence-corrected chi connectivity index (χ1v) is 15.8. The third-order valence-electron chi connectivity index (χ3n) is 4.18. The van der Waals surface area contributed by atoms with E-state index in [9.17, 15) is 0 Å². The van der Waals surface area contributed by atoms with Gasteiger partial charge in [-0.25, -0.2) is 0 Å². The Hall–Kier alpha value is 0.539. The molecule has 0 saturated heterocycles. The maximum atomic E-state index is 4.05. The van der Waals surface area contributed by atoms with Crippen LogP contribution < -0.4 is 0 Å². The van der Waals surface area contributed by atoms with Crippen molar-refractivity contribution < 1.29 is 0 Å². The molecule has 1 atom stereocenters. The fraction of sp³-hybridized carbons (Fsp3) is 0.875.